The van der Waals surface area contributed by atoms with E-state index in [0.717, 1.165) is 22.9 Å². The van der Waals surface area contributed by atoms with Crippen molar-refractivity contribution in [3.8, 4) is 0 Å². The number of guanidine groups is 1. The summed E-state index contributed by atoms with van der Waals surface area (Å²) in [5.74, 6) is 0.216. The minimum absolute atomic E-state index is 0.308. The Morgan fingerprint density at radius 3 is 2.29 bits per heavy atom. The first kappa shape index (κ1) is 26.2. The summed E-state index contributed by atoms with van der Waals surface area (Å²) >= 11 is 3.43. The average molecular weight is 534 g/mol. The van der Waals surface area contributed by atoms with E-state index in [1.165, 1.54) is 56.3 Å². The number of nitrogens with zero attached hydrogens (tertiary/aromatic N) is 4. The van der Waals surface area contributed by atoms with Gasteiger partial charge in [0.1, 0.15) is 0 Å². The predicted octanol–water partition coefficient (Wildman–Crippen LogP) is 4.84. The maximum Gasteiger partial charge on any atom is 0.325 e. The van der Waals surface area contributed by atoms with E-state index >= 15 is 0 Å². The molecule has 2 aliphatic heterocycles. The van der Waals surface area contributed by atoms with Gasteiger partial charge in [-0.1, -0.05) is 92.8 Å². The van der Waals surface area contributed by atoms with E-state index in [1.807, 2.05) is 29.2 Å². The number of urea groups is 1. The summed E-state index contributed by atoms with van der Waals surface area (Å²) in [6.07, 6.45) is 13.6. The van der Waals surface area contributed by atoms with Gasteiger partial charge in [-0.2, -0.15) is 5.10 Å². The zero-order valence-electron chi connectivity index (χ0n) is 20.3. The summed E-state index contributed by atoms with van der Waals surface area (Å²) in [7, 11) is 1.66. The molecular weight excluding hydrogens is 496 g/mol. The maximum absolute atomic E-state index is 12.7. The molecule has 8 nitrogen and oxygen atoms in total. The van der Waals surface area contributed by atoms with Crippen LogP contribution in [0.15, 0.2) is 38.8 Å². The zero-order valence-corrected chi connectivity index (χ0v) is 21.9. The number of nitrogens with one attached hydrogen (secondary N) is 2. The molecule has 34 heavy (non-hydrogen) atoms. The van der Waals surface area contributed by atoms with E-state index in [1.54, 1.807) is 13.3 Å². The van der Waals surface area contributed by atoms with Gasteiger partial charge >= 0.3 is 6.03 Å². The normalized spacial score (nSPS) is 20.0. The lowest BCUT2D eigenvalue weighted by molar-refractivity contribution is -0.127. The highest BCUT2D eigenvalue weighted by molar-refractivity contribution is 9.10. The quantitative estimate of drug-likeness (QED) is 0.216. The molecule has 3 rings (SSSR count). The van der Waals surface area contributed by atoms with Crippen molar-refractivity contribution in [2.75, 3.05) is 13.6 Å². The number of fused-ring (bicyclic) bond motifs is 1. The fourth-order valence-corrected chi connectivity index (χ4v) is 4.61. The number of hydrogen-bond donors (Lipinski definition) is 2. The van der Waals surface area contributed by atoms with Crippen LogP contribution in [-0.2, 0) is 4.79 Å². The Morgan fingerprint density at radius 2 is 1.65 bits per heavy atom. The molecule has 0 aromatic heterocycles. The molecule has 1 aromatic rings. The second-order valence-corrected chi connectivity index (χ2v) is 9.93. The van der Waals surface area contributed by atoms with Crippen LogP contribution in [-0.4, -0.2) is 59.7 Å². The number of amides is 3. The summed E-state index contributed by atoms with van der Waals surface area (Å²) < 4.78 is 1.00. The zero-order chi connectivity index (χ0) is 24.3. The number of carbonyl (C=O) groups excluding carboxylic acids is 2. The van der Waals surface area contributed by atoms with Crippen molar-refractivity contribution < 1.29 is 9.59 Å². The Labute approximate surface area is 211 Å². The van der Waals surface area contributed by atoms with E-state index in [-0.39, 0.29) is 5.91 Å². The summed E-state index contributed by atoms with van der Waals surface area (Å²) in [6.45, 7) is 2.93. The number of carbonyl (C=O) groups is 2. The second kappa shape index (κ2) is 13.5. The molecule has 1 saturated heterocycles. The maximum atomic E-state index is 12.7. The lowest BCUT2D eigenvalue weighted by Crippen LogP contribution is -2.64. The molecule has 186 valence electrons. The molecule has 2 atom stereocenters. The third-order valence-electron chi connectivity index (χ3n) is 6.36. The number of rotatable bonds is 13. The van der Waals surface area contributed by atoms with E-state index in [0.29, 0.717) is 12.5 Å². The number of hydrazone groups is 1. The number of imide groups is 1. The summed E-state index contributed by atoms with van der Waals surface area (Å²) in [6, 6.07) is 6.84. The van der Waals surface area contributed by atoms with Gasteiger partial charge in [-0.25, -0.2) is 15.2 Å². The van der Waals surface area contributed by atoms with Crippen LogP contribution in [0.25, 0.3) is 0 Å². The monoisotopic (exact) mass is 532 g/mol. The van der Waals surface area contributed by atoms with Crippen LogP contribution in [0.5, 0.6) is 0 Å². The van der Waals surface area contributed by atoms with Crippen LogP contribution < -0.4 is 10.7 Å². The molecule has 0 aliphatic carbocycles. The highest BCUT2D eigenvalue weighted by Gasteiger charge is 2.48. The first-order valence-corrected chi connectivity index (χ1v) is 13.3. The SMILES string of the molecule is CCCCCCCCCCCCN1C(N/N=C\c2ccc(Br)cc2)=NC2C1C(=O)NC(=O)N2C. The standard InChI is InChI=1S/C25H37BrN6O2/c1-3-4-5-6-7-8-9-10-11-12-17-32-21-22(31(2)25(34)29-23(21)33)28-24(32)30-27-18-19-13-15-20(26)16-14-19/h13-16,18,21-22H,3-12,17H2,1-2H3,(H,28,30)(H,29,33,34)/b27-18-. The Kier molecular flexibility index (Phi) is 10.4. The van der Waals surface area contributed by atoms with Crippen molar-refractivity contribution in [3.63, 3.8) is 0 Å². The second-order valence-electron chi connectivity index (χ2n) is 9.01. The highest BCUT2D eigenvalue weighted by atomic mass is 79.9. The third kappa shape index (κ3) is 7.29. The number of aliphatic imine (C=N–C) groups is 1. The van der Waals surface area contributed by atoms with Gasteiger partial charge in [-0.05, 0) is 24.1 Å². The van der Waals surface area contributed by atoms with Gasteiger partial charge in [0.15, 0.2) is 12.2 Å². The van der Waals surface area contributed by atoms with Crippen LogP contribution in [0, 0.1) is 0 Å². The van der Waals surface area contributed by atoms with Crippen molar-refractivity contribution in [1.29, 1.82) is 0 Å². The van der Waals surface area contributed by atoms with E-state index in [2.05, 4.69) is 43.7 Å². The van der Waals surface area contributed by atoms with Crippen LogP contribution in [0.4, 0.5) is 4.79 Å². The Balaban J connectivity index is 1.52. The van der Waals surface area contributed by atoms with Gasteiger partial charge in [0.05, 0.1) is 6.21 Å². The summed E-state index contributed by atoms with van der Waals surface area (Å²) in [4.78, 5) is 32.8. The largest absolute Gasteiger partial charge is 0.326 e. The lowest BCUT2D eigenvalue weighted by Gasteiger charge is -2.36. The molecular formula is C25H37BrN6O2. The van der Waals surface area contributed by atoms with Crippen LogP contribution in [0.3, 0.4) is 0 Å². The molecule has 2 heterocycles. The van der Waals surface area contributed by atoms with Crippen molar-refractivity contribution in [2.45, 2.75) is 83.3 Å². The molecule has 2 aliphatic rings. The Bertz CT molecular complexity index is 873. The van der Waals surface area contributed by atoms with Crippen molar-refractivity contribution >= 4 is 40.0 Å². The molecule has 0 saturated carbocycles. The van der Waals surface area contributed by atoms with Crippen molar-refractivity contribution in [2.24, 2.45) is 10.1 Å². The molecule has 9 heteroatoms. The van der Waals surface area contributed by atoms with Gasteiger partial charge in [0.25, 0.3) is 5.91 Å². The number of unbranched alkanes of at least 4 members (excludes halogenated alkanes) is 9. The van der Waals surface area contributed by atoms with E-state index in [4.69, 9.17) is 0 Å². The minimum Gasteiger partial charge on any atom is -0.326 e. The topological polar surface area (TPSA) is 89.4 Å². The minimum atomic E-state index is -0.547. The number of hydrogen-bond acceptors (Lipinski definition) is 6. The van der Waals surface area contributed by atoms with Crippen LogP contribution in [0.2, 0.25) is 0 Å². The average Bonchev–Trinajstić information content (AvgIpc) is 3.19. The molecule has 1 aromatic carbocycles. The van der Waals surface area contributed by atoms with Crippen LogP contribution in [0.1, 0.15) is 76.7 Å². The van der Waals surface area contributed by atoms with Gasteiger partial charge < -0.3 is 9.80 Å². The lowest BCUT2D eigenvalue weighted by atomic mass is 10.1. The summed E-state index contributed by atoms with van der Waals surface area (Å²) in [5, 5.41) is 6.77. The number of likely N-dealkylation sites (N-methyl/N-ethyl adjacent to an activating group) is 1. The molecule has 2 unspecified atom stereocenters. The molecule has 1 fully saturated rings. The molecule has 2 N–H and O–H groups in total. The Hall–Kier alpha value is -2.42. The number of benzene rings is 1. The first-order chi connectivity index (χ1) is 16.5. The van der Waals surface area contributed by atoms with Gasteiger partial charge in [-0.3, -0.25) is 10.1 Å². The smallest absolute Gasteiger partial charge is 0.325 e. The van der Waals surface area contributed by atoms with Gasteiger partial charge in [0, 0.05) is 18.1 Å². The first-order valence-electron chi connectivity index (χ1n) is 12.5. The predicted molar refractivity (Wildman–Crippen MR) is 140 cm³/mol. The summed E-state index contributed by atoms with van der Waals surface area (Å²) in [5.41, 5.74) is 3.95. The third-order valence-corrected chi connectivity index (χ3v) is 6.89. The molecule has 0 radical (unpaired) electrons. The van der Waals surface area contributed by atoms with Crippen LogP contribution >= 0.6 is 15.9 Å². The van der Waals surface area contributed by atoms with Crippen molar-refractivity contribution in [3.05, 3.63) is 34.3 Å². The molecule has 0 spiro atoms. The van der Waals surface area contributed by atoms with E-state index in [9.17, 15) is 9.59 Å². The van der Waals surface area contributed by atoms with Crippen molar-refractivity contribution in [1.82, 2.24) is 20.5 Å². The molecule has 3 amide bonds. The highest BCUT2D eigenvalue weighted by Crippen LogP contribution is 2.24. The molecule has 0 bridgehead atoms. The van der Waals surface area contributed by atoms with Gasteiger partial charge in [-0.15, -0.1) is 0 Å². The fraction of sp³-hybridized carbons (Fsp3) is 0.600. The fourth-order valence-electron chi connectivity index (χ4n) is 4.35. The number of halogens is 1. The van der Waals surface area contributed by atoms with E-state index < -0.39 is 18.2 Å². The van der Waals surface area contributed by atoms with Gasteiger partial charge in [0.2, 0.25) is 5.96 Å². The Morgan fingerprint density at radius 1 is 1.03 bits per heavy atom.